The zero-order valence-corrected chi connectivity index (χ0v) is 8.68. The standard InChI is InChI=1S/C6H2Br2.BH3O2/c7-5-2-3-1-4(3)6(5)8;2-1-3/h1-2H;1-3H. The smallest absolute Gasteiger partial charge is 0.430 e. The molecule has 2 rings (SSSR count). The lowest BCUT2D eigenvalue weighted by Gasteiger charge is -1.78. The predicted molar refractivity (Wildman–Crippen MR) is 52.4 cm³/mol. The summed E-state index contributed by atoms with van der Waals surface area (Å²) in [5.41, 5.74) is 2.72. The molecule has 11 heavy (non-hydrogen) atoms. The van der Waals surface area contributed by atoms with E-state index in [2.05, 4.69) is 44.0 Å². The van der Waals surface area contributed by atoms with Gasteiger partial charge in [-0.2, -0.15) is 0 Å². The van der Waals surface area contributed by atoms with Gasteiger partial charge >= 0.3 is 7.69 Å². The summed E-state index contributed by atoms with van der Waals surface area (Å²) in [6.45, 7) is 0. The highest BCUT2D eigenvalue weighted by Gasteiger charge is 2.18. The van der Waals surface area contributed by atoms with Gasteiger partial charge in [0, 0.05) is 8.95 Å². The first-order valence-corrected chi connectivity index (χ1v) is 4.50. The number of rotatable bonds is 0. The summed E-state index contributed by atoms with van der Waals surface area (Å²) < 4.78 is 2.37. The van der Waals surface area contributed by atoms with Gasteiger partial charge in [0.15, 0.2) is 0 Å². The first kappa shape index (κ1) is 9.25. The Balaban J connectivity index is 0.000000179. The van der Waals surface area contributed by atoms with E-state index in [0.717, 1.165) is 0 Å². The average molecular weight is 280 g/mol. The van der Waals surface area contributed by atoms with Crippen LogP contribution in [0.1, 0.15) is 0 Å². The molecule has 0 unspecified atom stereocenters. The lowest BCUT2D eigenvalue weighted by Crippen LogP contribution is -1.75. The van der Waals surface area contributed by atoms with Crippen LogP contribution in [-0.2, 0) is 0 Å². The first-order chi connectivity index (χ1) is 5.20. The second kappa shape index (κ2) is 3.71. The highest BCUT2D eigenvalue weighted by Crippen LogP contribution is 2.46. The molecule has 2 aliphatic carbocycles. The van der Waals surface area contributed by atoms with Crippen LogP contribution in [0.5, 0.6) is 0 Å². The van der Waals surface area contributed by atoms with Crippen molar-refractivity contribution in [1.82, 2.24) is 0 Å². The molecule has 0 saturated heterocycles. The fraction of sp³-hybridized carbons (Fsp3) is 0. The van der Waals surface area contributed by atoms with E-state index in [0.29, 0.717) is 0 Å². The van der Waals surface area contributed by atoms with Crippen molar-refractivity contribution in [2.45, 2.75) is 0 Å². The highest BCUT2D eigenvalue weighted by atomic mass is 79.9. The molecule has 2 aliphatic rings. The van der Waals surface area contributed by atoms with E-state index >= 15 is 0 Å². The van der Waals surface area contributed by atoms with Crippen LogP contribution in [0.25, 0.3) is 11.1 Å². The van der Waals surface area contributed by atoms with Gasteiger partial charge in [-0.3, -0.25) is 0 Å². The largest absolute Gasteiger partial charge is 0.432 e. The third-order valence-electron chi connectivity index (χ3n) is 1.26. The summed E-state index contributed by atoms with van der Waals surface area (Å²) in [5.74, 6) is 0. The molecule has 0 heterocycles. The Labute approximate surface area is 81.8 Å². The molecule has 0 aliphatic heterocycles. The van der Waals surface area contributed by atoms with Gasteiger partial charge in [-0.15, -0.1) is 0 Å². The Hall–Kier alpha value is 0.165. The molecule has 0 aromatic carbocycles. The van der Waals surface area contributed by atoms with Crippen LogP contribution in [0.15, 0.2) is 21.1 Å². The van der Waals surface area contributed by atoms with Crippen LogP contribution >= 0.6 is 31.9 Å². The minimum Gasteiger partial charge on any atom is -0.430 e. The van der Waals surface area contributed by atoms with Gasteiger partial charge in [0.25, 0.3) is 0 Å². The molecule has 0 fully saturated rings. The second-order valence-electron chi connectivity index (χ2n) is 1.96. The summed E-state index contributed by atoms with van der Waals surface area (Å²) >= 11 is 6.81. The van der Waals surface area contributed by atoms with E-state index in [1.165, 1.54) is 20.1 Å². The van der Waals surface area contributed by atoms with Crippen molar-refractivity contribution in [3.8, 4) is 11.1 Å². The summed E-state index contributed by atoms with van der Waals surface area (Å²) in [6.07, 6.45) is 0. The monoisotopic (exact) mass is 278 g/mol. The summed E-state index contributed by atoms with van der Waals surface area (Å²) in [7, 11) is -0.750. The maximum atomic E-state index is 7.12. The van der Waals surface area contributed by atoms with E-state index in [1.807, 2.05) is 0 Å². The number of hydrogen-bond acceptors (Lipinski definition) is 2. The normalized spacial score (nSPS) is 9.82. The van der Waals surface area contributed by atoms with Crippen LogP contribution in [-0.4, -0.2) is 17.7 Å². The van der Waals surface area contributed by atoms with E-state index in [9.17, 15) is 0 Å². The molecule has 58 valence electrons. The van der Waals surface area contributed by atoms with Crippen molar-refractivity contribution in [3.05, 3.63) is 21.1 Å². The van der Waals surface area contributed by atoms with Gasteiger partial charge in [-0.05, 0) is 55.1 Å². The average Bonchev–Trinajstić information content (AvgIpc) is 2.62. The van der Waals surface area contributed by atoms with Crippen molar-refractivity contribution in [1.29, 1.82) is 0 Å². The zero-order valence-electron chi connectivity index (χ0n) is 5.51. The molecule has 0 aromatic rings. The van der Waals surface area contributed by atoms with Crippen molar-refractivity contribution in [2.75, 3.05) is 0 Å². The molecule has 2 N–H and O–H groups in total. The second-order valence-corrected chi connectivity index (χ2v) is 3.61. The fourth-order valence-electron chi connectivity index (χ4n) is 0.757. The topological polar surface area (TPSA) is 40.5 Å². The summed E-state index contributed by atoms with van der Waals surface area (Å²) in [4.78, 5) is 0. The minimum absolute atomic E-state index is 0.750. The van der Waals surface area contributed by atoms with E-state index < -0.39 is 7.69 Å². The molecular weight excluding hydrogens is 275 g/mol. The Morgan fingerprint density at radius 2 is 1.73 bits per heavy atom. The number of fused-ring (bicyclic) bond motifs is 1. The SMILES string of the molecule is Brc1cc2cc-2c1Br.OBO. The molecule has 5 heteroatoms. The van der Waals surface area contributed by atoms with Gasteiger partial charge in [0.05, 0.1) is 0 Å². The first-order valence-electron chi connectivity index (χ1n) is 2.92. The predicted octanol–water partition coefficient (Wildman–Crippen LogP) is 1.43. The fourth-order valence-corrected chi connectivity index (χ4v) is 1.68. The van der Waals surface area contributed by atoms with Crippen molar-refractivity contribution >= 4 is 39.5 Å². The molecule has 0 bridgehead atoms. The lowest BCUT2D eigenvalue weighted by molar-refractivity contribution is 0.448. The van der Waals surface area contributed by atoms with Gasteiger partial charge in [-0.25, -0.2) is 0 Å². The summed E-state index contributed by atoms with van der Waals surface area (Å²) in [6, 6.07) is 4.26. The Kier molecular flexibility index (Phi) is 3.12. The zero-order chi connectivity index (χ0) is 8.43. The lowest BCUT2D eigenvalue weighted by atomic mass is 10.5. The Morgan fingerprint density at radius 3 is 1.91 bits per heavy atom. The van der Waals surface area contributed by atoms with Crippen LogP contribution in [0.3, 0.4) is 0 Å². The van der Waals surface area contributed by atoms with Crippen LogP contribution in [0, 0.1) is 0 Å². The Bertz CT molecular complexity index is 278. The molecular formula is C6H5BBr2O2. The molecule has 0 radical (unpaired) electrons. The van der Waals surface area contributed by atoms with Crippen LogP contribution < -0.4 is 0 Å². The van der Waals surface area contributed by atoms with Crippen LogP contribution in [0.2, 0.25) is 0 Å². The van der Waals surface area contributed by atoms with Crippen molar-refractivity contribution in [2.24, 2.45) is 0 Å². The summed E-state index contributed by atoms with van der Waals surface area (Å²) in [5, 5.41) is 14.2. The maximum absolute atomic E-state index is 7.12. The highest BCUT2D eigenvalue weighted by molar-refractivity contribution is 9.13. The number of hydrogen-bond donors (Lipinski definition) is 2. The van der Waals surface area contributed by atoms with Gasteiger partial charge in [0.1, 0.15) is 0 Å². The van der Waals surface area contributed by atoms with E-state index in [1.54, 1.807) is 0 Å². The van der Waals surface area contributed by atoms with Crippen LogP contribution in [0.4, 0.5) is 0 Å². The van der Waals surface area contributed by atoms with Gasteiger partial charge in [-0.1, -0.05) is 0 Å². The molecule has 0 saturated carbocycles. The number of benzene rings is 1. The van der Waals surface area contributed by atoms with E-state index in [4.69, 9.17) is 10.0 Å². The van der Waals surface area contributed by atoms with Crippen molar-refractivity contribution < 1.29 is 10.0 Å². The Morgan fingerprint density at radius 1 is 1.18 bits per heavy atom. The molecule has 0 aromatic heterocycles. The van der Waals surface area contributed by atoms with Crippen molar-refractivity contribution in [3.63, 3.8) is 0 Å². The quantitative estimate of drug-likeness (QED) is 0.716. The van der Waals surface area contributed by atoms with Gasteiger partial charge in [0.2, 0.25) is 0 Å². The third-order valence-corrected chi connectivity index (χ3v) is 3.27. The van der Waals surface area contributed by atoms with E-state index in [-0.39, 0.29) is 0 Å². The molecule has 0 atom stereocenters. The maximum Gasteiger partial charge on any atom is 0.432 e. The molecule has 2 nitrogen and oxygen atoms in total. The van der Waals surface area contributed by atoms with Gasteiger partial charge < -0.3 is 10.0 Å². The third kappa shape index (κ3) is 2.05. The minimum atomic E-state index is -0.750. The molecule has 0 amide bonds. The molecule has 0 spiro atoms. The number of halogens is 2.